The Morgan fingerprint density at radius 1 is 1.25 bits per heavy atom. The monoisotopic (exact) mass is 272 g/mol. The molecule has 0 fully saturated rings. The predicted molar refractivity (Wildman–Crippen MR) is 76.4 cm³/mol. The molecule has 0 aliphatic carbocycles. The van der Waals surface area contributed by atoms with Crippen molar-refractivity contribution in [2.24, 2.45) is 5.73 Å². The molecule has 3 N–H and O–H groups in total. The van der Waals surface area contributed by atoms with E-state index in [0.717, 1.165) is 5.56 Å². The van der Waals surface area contributed by atoms with Crippen LogP contribution in [0.25, 0.3) is 0 Å². The second-order valence-corrected chi connectivity index (χ2v) is 4.70. The van der Waals surface area contributed by atoms with Gasteiger partial charge in [-0.15, -0.1) is 0 Å². The van der Waals surface area contributed by atoms with Crippen molar-refractivity contribution in [2.45, 2.75) is 19.5 Å². The molecule has 0 aliphatic heterocycles. The van der Waals surface area contributed by atoms with Crippen LogP contribution in [0.5, 0.6) is 0 Å². The van der Waals surface area contributed by atoms with Crippen molar-refractivity contribution in [1.82, 2.24) is 5.32 Å². The Balaban J connectivity index is 2.17. The molecule has 0 saturated carbocycles. The Hall–Kier alpha value is -2.20. The van der Waals surface area contributed by atoms with E-state index in [2.05, 4.69) is 5.32 Å². The van der Waals surface area contributed by atoms with E-state index >= 15 is 0 Å². The van der Waals surface area contributed by atoms with Gasteiger partial charge in [-0.1, -0.05) is 36.4 Å². The van der Waals surface area contributed by atoms with E-state index in [-0.39, 0.29) is 5.82 Å². The van der Waals surface area contributed by atoms with Gasteiger partial charge in [0.05, 0.1) is 0 Å². The maximum Gasteiger partial charge on any atom is 0.239 e. The van der Waals surface area contributed by atoms with Crippen molar-refractivity contribution >= 4 is 5.91 Å². The molecule has 0 aliphatic rings. The molecule has 1 unspecified atom stereocenters. The number of amides is 1. The van der Waals surface area contributed by atoms with Crippen LogP contribution in [0, 0.1) is 12.7 Å². The fraction of sp³-hybridized carbons (Fsp3) is 0.188. The van der Waals surface area contributed by atoms with Crippen molar-refractivity contribution in [2.75, 3.05) is 0 Å². The van der Waals surface area contributed by atoms with E-state index in [1.165, 1.54) is 12.1 Å². The first-order valence-corrected chi connectivity index (χ1v) is 6.40. The highest BCUT2D eigenvalue weighted by molar-refractivity contribution is 5.81. The van der Waals surface area contributed by atoms with Crippen LogP contribution in [-0.2, 0) is 11.3 Å². The summed E-state index contributed by atoms with van der Waals surface area (Å²) in [4.78, 5) is 11.6. The van der Waals surface area contributed by atoms with Crippen molar-refractivity contribution in [3.63, 3.8) is 0 Å². The van der Waals surface area contributed by atoms with Crippen molar-refractivity contribution < 1.29 is 9.18 Å². The Bertz CT molecular complexity index is 599. The fourth-order valence-electron chi connectivity index (χ4n) is 2.14. The molecule has 0 saturated heterocycles. The third-order valence-corrected chi connectivity index (χ3v) is 3.18. The molecule has 2 rings (SSSR count). The lowest BCUT2D eigenvalue weighted by Crippen LogP contribution is -2.33. The zero-order valence-electron chi connectivity index (χ0n) is 11.3. The zero-order valence-corrected chi connectivity index (χ0v) is 11.3. The molecule has 0 spiro atoms. The van der Waals surface area contributed by atoms with Crippen LogP contribution in [-0.4, -0.2) is 5.91 Å². The number of aryl methyl sites for hydroxylation is 1. The first-order valence-electron chi connectivity index (χ1n) is 6.40. The largest absolute Gasteiger partial charge is 0.368 e. The number of primary amides is 1. The Morgan fingerprint density at radius 2 is 1.95 bits per heavy atom. The number of rotatable bonds is 5. The smallest absolute Gasteiger partial charge is 0.239 e. The van der Waals surface area contributed by atoms with Crippen LogP contribution in [0.1, 0.15) is 22.7 Å². The van der Waals surface area contributed by atoms with E-state index in [4.69, 9.17) is 5.73 Å². The fourth-order valence-corrected chi connectivity index (χ4v) is 2.14. The Morgan fingerprint density at radius 3 is 2.55 bits per heavy atom. The molecule has 0 aromatic heterocycles. The highest BCUT2D eigenvalue weighted by Gasteiger charge is 2.19. The number of carbonyl (C=O) groups is 1. The number of nitrogens with one attached hydrogen (secondary N) is 1. The lowest BCUT2D eigenvalue weighted by molar-refractivity contribution is -0.120. The number of nitrogens with two attached hydrogens (primary N) is 1. The molecule has 4 heteroatoms. The maximum atomic E-state index is 13.1. The summed E-state index contributed by atoms with van der Waals surface area (Å²) in [6, 6.07) is 13.4. The van der Waals surface area contributed by atoms with Gasteiger partial charge in [-0.05, 0) is 35.7 Å². The molecule has 0 heterocycles. The third kappa shape index (κ3) is 3.42. The van der Waals surface area contributed by atoms with E-state index in [1.54, 1.807) is 13.0 Å². The van der Waals surface area contributed by atoms with Crippen molar-refractivity contribution in [3.8, 4) is 0 Å². The summed E-state index contributed by atoms with van der Waals surface area (Å²) in [6.45, 7) is 2.28. The summed E-state index contributed by atoms with van der Waals surface area (Å²) in [7, 11) is 0. The normalized spacial score (nSPS) is 12.1. The summed E-state index contributed by atoms with van der Waals surface area (Å²) in [6.07, 6.45) is 0. The number of carbonyl (C=O) groups excluding carboxylic acids is 1. The van der Waals surface area contributed by atoms with Gasteiger partial charge in [0.25, 0.3) is 0 Å². The minimum absolute atomic E-state index is 0.322. The lowest BCUT2D eigenvalue weighted by Gasteiger charge is -2.18. The number of hydrogen-bond acceptors (Lipinski definition) is 2. The first kappa shape index (κ1) is 14.2. The molecule has 1 amide bonds. The molecule has 3 nitrogen and oxygen atoms in total. The van der Waals surface area contributed by atoms with E-state index in [0.29, 0.717) is 17.7 Å². The van der Waals surface area contributed by atoms with Gasteiger partial charge in [0.1, 0.15) is 11.9 Å². The van der Waals surface area contributed by atoms with Gasteiger partial charge in [0.15, 0.2) is 0 Å². The summed E-state index contributed by atoms with van der Waals surface area (Å²) in [5, 5.41) is 3.12. The standard InChI is InChI=1S/C16H17FN2O/c1-11-9-13(17)7-8-14(11)15(16(18)20)19-10-12-5-3-2-4-6-12/h2-9,15,19H,10H2,1H3,(H2,18,20). The highest BCUT2D eigenvalue weighted by Crippen LogP contribution is 2.19. The average Bonchev–Trinajstić information content (AvgIpc) is 2.42. The number of benzene rings is 2. The molecule has 104 valence electrons. The average molecular weight is 272 g/mol. The molecular weight excluding hydrogens is 255 g/mol. The minimum Gasteiger partial charge on any atom is -0.368 e. The lowest BCUT2D eigenvalue weighted by atomic mass is 10.0. The van der Waals surface area contributed by atoms with Gasteiger partial charge in [-0.3, -0.25) is 10.1 Å². The summed E-state index contributed by atoms with van der Waals surface area (Å²) < 4.78 is 13.1. The Labute approximate surface area is 117 Å². The van der Waals surface area contributed by atoms with Crippen LogP contribution in [0.2, 0.25) is 0 Å². The van der Waals surface area contributed by atoms with E-state index in [9.17, 15) is 9.18 Å². The topological polar surface area (TPSA) is 55.1 Å². The Kier molecular flexibility index (Phi) is 4.48. The van der Waals surface area contributed by atoms with Crippen LogP contribution in [0.15, 0.2) is 48.5 Å². The predicted octanol–water partition coefficient (Wildman–Crippen LogP) is 2.45. The SMILES string of the molecule is Cc1cc(F)ccc1C(NCc1ccccc1)C(N)=O. The second-order valence-electron chi connectivity index (χ2n) is 4.70. The minimum atomic E-state index is -0.629. The van der Waals surface area contributed by atoms with Gasteiger partial charge < -0.3 is 5.73 Å². The second kappa shape index (κ2) is 6.30. The van der Waals surface area contributed by atoms with Crippen LogP contribution < -0.4 is 11.1 Å². The molecule has 2 aromatic carbocycles. The summed E-state index contributed by atoms with van der Waals surface area (Å²) in [5.74, 6) is -0.798. The van der Waals surface area contributed by atoms with Gasteiger partial charge in [0.2, 0.25) is 5.91 Å². The van der Waals surface area contributed by atoms with Crippen LogP contribution in [0.4, 0.5) is 4.39 Å². The van der Waals surface area contributed by atoms with Gasteiger partial charge in [-0.25, -0.2) is 4.39 Å². The molecular formula is C16H17FN2O. The van der Waals surface area contributed by atoms with Crippen LogP contribution in [0.3, 0.4) is 0 Å². The van der Waals surface area contributed by atoms with Crippen molar-refractivity contribution in [1.29, 1.82) is 0 Å². The maximum absolute atomic E-state index is 13.1. The third-order valence-electron chi connectivity index (χ3n) is 3.18. The summed E-state index contributed by atoms with van der Waals surface area (Å²) >= 11 is 0. The van der Waals surface area contributed by atoms with E-state index in [1.807, 2.05) is 30.3 Å². The van der Waals surface area contributed by atoms with E-state index < -0.39 is 11.9 Å². The van der Waals surface area contributed by atoms with Gasteiger partial charge >= 0.3 is 0 Å². The quantitative estimate of drug-likeness (QED) is 0.878. The number of hydrogen-bond donors (Lipinski definition) is 2. The number of halogens is 1. The highest BCUT2D eigenvalue weighted by atomic mass is 19.1. The molecule has 0 radical (unpaired) electrons. The summed E-state index contributed by atoms with van der Waals surface area (Å²) in [5.41, 5.74) is 7.91. The van der Waals surface area contributed by atoms with Crippen molar-refractivity contribution in [3.05, 3.63) is 71.0 Å². The molecule has 1 atom stereocenters. The zero-order chi connectivity index (χ0) is 14.5. The molecule has 0 bridgehead atoms. The van der Waals surface area contributed by atoms with Gasteiger partial charge in [0, 0.05) is 6.54 Å². The molecule has 2 aromatic rings. The first-order chi connectivity index (χ1) is 9.58. The van der Waals surface area contributed by atoms with Gasteiger partial charge in [-0.2, -0.15) is 0 Å². The molecule has 20 heavy (non-hydrogen) atoms. The van der Waals surface area contributed by atoms with Crippen LogP contribution >= 0.6 is 0 Å².